The number of pyridine rings is 1. The van der Waals surface area contributed by atoms with Crippen LogP contribution >= 0.6 is 0 Å². The number of carbonyl (C=O) groups excluding carboxylic acids is 1. The summed E-state index contributed by atoms with van der Waals surface area (Å²) in [7, 11) is 0. The summed E-state index contributed by atoms with van der Waals surface area (Å²) in [6.45, 7) is 0.826. The molecule has 4 aromatic rings. The van der Waals surface area contributed by atoms with Crippen molar-refractivity contribution in [1.82, 2.24) is 14.8 Å². The number of carbonyl (C=O) groups is 1. The molecule has 0 atom stereocenters. The SMILES string of the molecule is O=C(Cn1cc(-c2ccc(F)cc2)cn1)N1CCc2cc(-c3ccncc3)ccc21. The number of amides is 1. The van der Waals surface area contributed by atoms with E-state index < -0.39 is 0 Å². The van der Waals surface area contributed by atoms with Crippen molar-refractivity contribution in [1.29, 1.82) is 0 Å². The molecule has 5 rings (SSSR count). The maximum Gasteiger partial charge on any atom is 0.248 e. The molecule has 0 saturated carbocycles. The summed E-state index contributed by atoms with van der Waals surface area (Å²) < 4.78 is 14.8. The van der Waals surface area contributed by atoms with Crippen molar-refractivity contribution in [3.63, 3.8) is 0 Å². The molecule has 0 fully saturated rings. The summed E-state index contributed by atoms with van der Waals surface area (Å²) in [5.41, 5.74) is 6.09. The van der Waals surface area contributed by atoms with E-state index >= 15 is 0 Å². The van der Waals surface area contributed by atoms with Crippen LogP contribution < -0.4 is 4.90 Å². The number of fused-ring (bicyclic) bond motifs is 1. The lowest BCUT2D eigenvalue weighted by Gasteiger charge is -2.17. The van der Waals surface area contributed by atoms with E-state index in [0.717, 1.165) is 34.4 Å². The summed E-state index contributed by atoms with van der Waals surface area (Å²) in [5.74, 6) is -0.278. The maximum absolute atomic E-state index is 13.1. The molecule has 0 saturated heterocycles. The van der Waals surface area contributed by atoms with Gasteiger partial charge in [0.2, 0.25) is 5.91 Å². The molecule has 0 radical (unpaired) electrons. The predicted octanol–water partition coefficient (Wildman–Crippen LogP) is 4.34. The van der Waals surface area contributed by atoms with Gasteiger partial charge in [-0.05, 0) is 65.1 Å². The highest BCUT2D eigenvalue weighted by molar-refractivity contribution is 5.95. The van der Waals surface area contributed by atoms with E-state index in [-0.39, 0.29) is 18.3 Å². The molecule has 0 bridgehead atoms. The zero-order valence-electron chi connectivity index (χ0n) is 16.2. The molecule has 3 heterocycles. The molecule has 1 aliphatic rings. The fourth-order valence-corrected chi connectivity index (χ4v) is 3.85. The van der Waals surface area contributed by atoms with Crippen LogP contribution in [0.5, 0.6) is 0 Å². The minimum absolute atomic E-state index is 0.000771. The number of hydrogen-bond acceptors (Lipinski definition) is 3. The van der Waals surface area contributed by atoms with E-state index in [4.69, 9.17) is 0 Å². The first-order valence-electron chi connectivity index (χ1n) is 9.79. The monoisotopic (exact) mass is 398 g/mol. The number of nitrogens with zero attached hydrogens (tertiary/aromatic N) is 4. The fourth-order valence-electron chi connectivity index (χ4n) is 3.85. The average molecular weight is 398 g/mol. The highest BCUT2D eigenvalue weighted by Crippen LogP contribution is 2.32. The molecular formula is C24H19FN4O. The molecule has 0 N–H and O–H groups in total. The third-order valence-corrected chi connectivity index (χ3v) is 5.40. The highest BCUT2D eigenvalue weighted by Gasteiger charge is 2.25. The Morgan fingerprint density at radius 1 is 0.933 bits per heavy atom. The topological polar surface area (TPSA) is 51.0 Å². The van der Waals surface area contributed by atoms with Crippen molar-refractivity contribution in [3.8, 4) is 22.3 Å². The van der Waals surface area contributed by atoms with E-state index in [1.807, 2.05) is 35.4 Å². The summed E-state index contributed by atoms with van der Waals surface area (Å²) >= 11 is 0. The molecule has 2 aromatic carbocycles. The fraction of sp³-hybridized carbons (Fsp3) is 0.125. The number of halogens is 1. The molecule has 30 heavy (non-hydrogen) atoms. The van der Waals surface area contributed by atoms with Crippen molar-refractivity contribution in [2.75, 3.05) is 11.4 Å². The van der Waals surface area contributed by atoms with Crippen LogP contribution in [0.25, 0.3) is 22.3 Å². The minimum Gasteiger partial charge on any atom is -0.310 e. The lowest BCUT2D eigenvalue weighted by atomic mass is 10.0. The van der Waals surface area contributed by atoms with Crippen LogP contribution in [0.3, 0.4) is 0 Å². The Labute approximate surface area is 173 Å². The van der Waals surface area contributed by atoms with Gasteiger partial charge in [-0.2, -0.15) is 5.10 Å². The predicted molar refractivity (Wildman–Crippen MR) is 113 cm³/mol. The quantitative estimate of drug-likeness (QED) is 0.514. The third-order valence-electron chi connectivity index (χ3n) is 5.40. The molecular weight excluding hydrogens is 379 g/mol. The van der Waals surface area contributed by atoms with Crippen LogP contribution in [0.15, 0.2) is 79.4 Å². The van der Waals surface area contributed by atoms with E-state index in [0.29, 0.717) is 6.54 Å². The highest BCUT2D eigenvalue weighted by atomic mass is 19.1. The molecule has 148 valence electrons. The second kappa shape index (κ2) is 7.55. The van der Waals surface area contributed by atoms with Crippen molar-refractivity contribution in [3.05, 3.63) is 90.8 Å². The Balaban J connectivity index is 1.32. The van der Waals surface area contributed by atoms with Gasteiger partial charge in [-0.15, -0.1) is 0 Å². The first-order chi connectivity index (χ1) is 14.7. The van der Waals surface area contributed by atoms with Crippen LogP contribution in [0, 0.1) is 5.82 Å². The number of rotatable bonds is 4. The molecule has 1 aliphatic heterocycles. The van der Waals surface area contributed by atoms with Crippen molar-refractivity contribution in [2.45, 2.75) is 13.0 Å². The van der Waals surface area contributed by atoms with Gasteiger partial charge >= 0.3 is 0 Å². The molecule has 1 amide bonds. The van der Waals surface area contributed by atoms with E-state index in [9.17, 15) is 9.18 Å². The lowest BCUT2D eigenvalue weighted by Crippen LogP contribution is -2.32. The van der Waals surface area contributed by atoms with Crippen LogP contribution in [0.2, 0.25) is 0 Å². The van der Waals surface area contributed by atoms with E-state index in [2.05, 4.69) is 16.1 Å². The largest absolute Gasteiger partial charge is 0.310 e. The molecule has 5 nitrogen and oxygen atoms in total. The normalized spacial score (nSPS) is 12.8. The van der Waals surface area contributed by atoms with Gasteiger partial charge in [0, 0.05) is 36.4 Å². The lowest BCUT2D eigenvalue weighted by molar-refractivity contribution is -0.119. The molecule has 0 aliphatic carbocycles. The van der Waals surface area contributed by atoms with Gasteiger partial charge in [0.1, 0.15) is 12.4 Å². The molecule has 0 unspecified atom stereocenters. The average Bonchev–Trinajstić information content (AvgIpc) is 3.41. The summed E-state index contributed by atoms with van der Waals surface area (Å²) in [6.07, 6.45) is 7.90. The molecule has 0 spiro atoms. The van der Waals surface area contributed by atoms with Crippen molar-refractivity contribution < 1.29 is 9.18 Å². The Morgan fingerprint density at radius 3 is 2.47 bits per heavy atom. The number of anilines is 1. The van der Waals surface area contributed by atoms with Crippen LogP contribution in [0.1, 0.15) is 5.56 Å². The summed E-state index contributed by atoms with van der Waals surface area (Å²) in [5, 5.41) is 4.31. The third kappa shape index (κ3) is 3.48. The second-order valence-corrected chi connectivity index (χ2v) is 7.31. The van der Waals surface area contributed by atoms with Gasteiger partial charge in [-0.3, -0.25) is 14.5 Å². The van der Waals surface area contributed by atoms with Crippen LogP contribution in [-0.4, -0.2) is 27.2 Å². The van der Waals surface area contributed by atoms with Crippen molar-refractivity contribution >= 4 is 11.6 Å². The van der Waals surface area contributed by atoms with Gasteiger partial charge in [0.05, 0.1) is 6.20 Å². The first-order valence-corrected chi connectivity index (χ1v) is 9.79. The number of aromatic nitrogens is 3. The Morgan fingerprint density at radius 2 is 1.67 bits per heavy atom. The second-order valence-electron chi connectivity index (χ2n) is 7.31. The first kappa shape index (κ1) is 18.2. The smallest absolute Gasteiger partial charge is 0.248 e. The Bertz CT molecular complexity index is 1200. The van der Waals surface area contributed by atoms with Gasteiger partial charge < -0.3 is 4.90 Å². The van der Waals surface area contributed by atoms with Crippen LogP contribution in [-0.2, 0) is 17.8 Å². The number of benzene rings is 2. The van der Waals surface area contributed by atoms with Gasteiger partial charge in [0.25, 0.3) is 0 Å². The Hall–Kier alpha value is -3.80. The Kier molecular flexibility index (Phi) is 4.59. The molecule has 2 aromatic heterocycles. The van der Waals surface area contributed by atoms with Gasteiger partial charge in [0.15, 0.2) is 0 Å². The summed E-state index contributed by atoms with van der Waals surface area (Å²) in [6, 6.07) is 16.4. The number of hydrogen-bond donors (Lipinski definition) is 0. The van der Waals surface area contributed by atoms with Crippen molar-refractivity contribution in [2.24, 2.45) is 0 Å². The van der Waals surface area contributed by atoms with E-state index in [1.54, 1.807) is 35.4 Å². The minimum atomic E-state index is -0.277. The molecule has 6 heteroatoms. The van der Waals surface area contributed by atoms with Crippen LogP contribution in [0.4, 0.5) is 10.1 Å². The zero-order chi connectivity index (χ0) is 20.5. The van der Waals surface area contributed by atoms with Gasteiger partial charge in [-0.1, -0.05) is 18.2 Å². The summed E-state index contributed by atoms with van der Waals surface area (Å²) in [4.78, 5) is 18.8. The maximum atomic E-state index is 13.1. The zero-order valence-corrected chi connectivity index (χ0v) is 16.2. The standard InChI is InChI=1S/C24H19FN4O/c25-22-4-1-17(2-5-22)21-14-27-28(15-21)16-24(30)29-12-9-20-13-19(3-6-23(20)29)18-7-10-26-11-8-18/h1-8,10-11,13-15H,9,12,16H2. The van der Waals surface area contributed by atoms with Gasteiger partial charge in [-0.25, -0.2) is 4.39 Å². The van der Waals surface area contributed by atoms with E-state index in [1.165, 1.54) is 17.7 Å².